The van der Waals surface area contributed by atoms with Gasteiger partial charge in [-0.05, 0) is 44.2 Å². The fourth-order valence-corrected chi connectivity index (χ4v) is 2.82. The third kappa shape index (κ3) is 3.70. The molecule has 0 amide bonds. The predicted molar refractivity (Wildman–Crippen MR) is 103 cm³/mol. The van der Waals surface area contributed by atoms with Crippen molar-refractivity contribution in [3.05, 3.63) is 70.3 Å². The van der Waals surface area contributed by atoms with E-state index in [1.165, 1.54) is 0 Å². The van der Waals surface area contributed by atoms with Crippen molar-refractivity contribution in [3.63, 3.8) is 0 Å². The number of esters is 1. The number of ether oxygens (including phenoxy) is 1. The molecule has 0 saturated heterocycles. The van der Waals surface area contributed by atoms with Crippen LogP contribution in [0.1, 0.15) is 27.6 Å². The highest BCUT2D eigenvalue weighted by Crippen LogP contribution is 2.20. The van der Waals surface area contributed by atoms with Gasteiger partial charge in [-0.1, -0.05) is 28.9 Å². The second-order valence-corrected chi connectivity index (χ2v) is 6.63. The molecule has 2 aromatic carbocycles. The number of hydrogen-bond acceptors (Lipinski definition) is 7. The van der Waals surface area contributed by atoms with E-state index in [2.05, 4.69) is 20.1 Å². The number of aryl methyl sites for hydroxylation is 2. The Balaban J connectivity index is 1.47. The molecule has 0 aliphatic heterocycles. The highest BCUT2D eigenvalue weighted by atomic mass is 35.5. The minimum atomic E-state index is -0.510. The summed E-state index contributed by atoms with van der Waals surface area (Å²) < 4.78 is 10.4. The molecule has 0 N–H and O–H groups in total. The number of benzene rings is 2. The first-order chi connectivity index (χ1) is 13.5. The minimum absolute atomic E-state index is 0.136. The number of rotatable bonds is 4. The minimum Gasteiger partial charge on any atom is -0.452 e. The Labute approximate surface area is 165 Å². The first-order valence-electron chi connectivity index (χ1n) is 8.50. The number of hydrogen-bond donors (Lipinski definition) is 0. The second kappa shape index (κ2) is 7.36. The lowest BCUT2D eigenvalue weighted by molar-refractivity contribution is 0.0430. The molecule has 0 saturated carbocycles. The number of aromatic nitrogens is 4. The van der Waals surface area contributed by atoms with Crippen molar-refractivity contribution >= 4 is 28.6 Å². The van der Waals surface area contributed by atoms with Gasteiger partial charge < -0.3 is 9.26 Å². The van der Waals surface area contributed by atoms with Crippen LogP contribution in [-0.4, -0.2) is 26.1 Å². The van der Waals surface area contributed by atoms with Gasteiger partial charge in [0.15, 0.2) is 6.61 Å². The monoisotopic (exact) mass is 394 g/mol. The molecule has 0 spiro atoms. The van der Waals surface area contributed by atoms with E-state index in [0.717, 1.165) is 16.9 Å². The van der Waals surface area contributed by atoms with Gasteiger partial charge in [0, 0.05) is 10.6 Å². The normalized spacial score (nSPS) is 11.0. The van der Waals surface area contributed by atoms with Crippen LogP contribution in [0.25, 0.3) is 22.4 Å². The van der Waals surface area contributed by atoms with Gasteiger partial charge in [0.05, 0.1) is 28.0 Å². The lowest BCUT2D eigenvalue weighted by atomic mass is 10.2. The Morgan fingerprint density at radius 3 is 2.61 bits per heavy atom. The van der Waals surface area contributed by atoms with Crippen molar-refractivity contribution in [3.8, 4) is 11.4 Å². The summed E-state index contributed by atoms with van der Waals surface area (Å²) in [5.74, 6) is 0.0557. The quantitative estimate of drug-likeness (QED) is 0.476. The van der Waals surface area contributed by atoms with Gasteiger partial charge in [-0.3, -0.25) is 0 Å². The SMILES string of the molecule is Cc1nc2ccc(C(=O)OCc3nc(-c4cccc(Cl)c4)no3)cc2nc1C. The third-order valence-corrected chi connectivity index (χ3v) is 4.42. The van der Waals surface area contributed by atoms with E-state index in [-0.39, 0.29) is 12.5 Å². The van der Waals surface area contributed by atoms with Crippen LogP contribution in [0.3, 0.4) is 0 Å². The molecule has 28 heavy (non-hydrogen) atoms. The van der Waals surface area contributed by atoms with Crippen LogP contribution < -0.4 is 0 Å². The molecule has 0 unspecified atom stereocenters. The van der Waals surface area contributed by atoms with Crippen LogP contribution in [0.15, 0.2) is 47.0 Å². The smallest absolute Gasteiger partial charge is 0.338 e. The predicted octanol–water partition coefficient (Wildman–Crippen LogP) is 4.31. The van der Waals surface area contributed by atoms with Gasteiger partial charge in [0.2, 0.25) is 5.82 Å². The molecule has 4 rings (SSSR count). The lowest BCUT2D eigenvalue weighted by Gasteiger charge is -2.05. The molecule has 2 aromatic heterocycles. The molecule has 0 aliphatic rings. The second-order valence-electron chi connectivity index (χ2n) is 6.20. The summed E-state index contributed by atoms with van der Waals surface area (Å²) in [5, 5.41) is 4.45. The van der Waals surface area contributed by atoms with Gasteiger partial charge in [-0.2, -0.15) is 4.98 Å². The summed E-state index contributed by atoms with van der Waals surface area (Å²) in [7, 11) is 0. The van der Waals surface area contributed by atoms with Crippen molar-refractivity contribution in [2.75, 3.05) is 0 Å². The molecular formula is C20H15ClN4O3. The maximum atomic E-state index is 12.4. The Hall–Kier alpha value is -3.32. The third-order valence-electron chi connectivity index (χ3n) is 4.19. The highest BCUT2D eigenvalue weighted by molar-refractivity contribution is 6.30. The Bertz CT molecular complexity index is 1190. The summed E-state index contributed by atoms with van der Waals surface area (Å²) >= 11 is 5.97. The Morgan fingerprint density at radius 1 is 1.04 bits per heavy atom. The summed E-state index contributed by atoms with van der Waals surface area (Å²) in [6.45, 7) is 3.63. The van der Waals surface area contributed by atoms with Crippen LogP contribution in [-0.2, 0) is 11.3 Å². The van der Waals surface area contributed by atoms with Gasteiger partial charge in [-0.25, -0.2) is 14.8 Å². The van der Waals surface area contributed by atoms with E-state index in [9.17, 15) is 4.79 Å². The van der Waals surface area contributed by atoms with E-state index < -0.39 is 5.97 Å². The van der Waals surface area contributed by atoms with Crippen molar-refractivity contribution in [1.82, 2.24) is 20.1 Å². The average Bonchev–Trinajstić information content (AvgIpc) is 3.16. The summed E-state index contributed by atoms with van der Waals surface area (Å²) in [6.07, 6.45) is 0. The molecule has 0 bridgehead atoms. The number of carbonyl (C=O) groups is 1. The van der Waals surface area contributed by atoms with Crippen LogP contribution in [0.5, 0.6) is 0 Å². The van der Waals surface area contributed by atoms with Crippen LogP contribution >= 0.6 is 11.6 Å². The van der Waals surface area contributed by atoms with Crippen molar-refractivity contribution < 1.29 is 14.1 Å². The van der Waals surface area contributed by atoms with Gasteiger partial charge in [-0.15, -0.1) is 0 Å². The Kier molecular flexibility index (Phi) is 4.75. The fraction of sp³-hybridized carbons (Fsp3) is 0.150. The van der Waals surface area contributed by atoms with Crippen LogP contribution in [0.4, 0.5) is 0 Å². The van der Waals surface area contributed by atoms with E-state index in [0.29, 0.717) is 27.5 Å². The maximum absolute atomic E-state index is 12.4. The maximum Gasteiger partial charge on any atom is 0.338 e. The zero-order valence-electron chi connectivity index (χ0n) is 15.1. The summed E-state index contributed by atoms with van der Waals surface area (Å²) in [6, 6.07) is 12.1. The standard InChI is InChI=1S/C20H15ClN4O3/c1-11-12(2)23-17-9-14(6-7-16(17)22-11)20(26)27-10-18-24-19(25-28-18)13-4-3-5-15(21)8-13/h3-9H,10H2,1-2H3. The van der Waals surface area contributed by atoms with Crippen molar-refractivity contribution in [2.24, 2.45) is 0 Å². The average molecular weight is 395 g/mol. The van der Waals surface area contributed by atoms with E-state index in [1.807, 2.05) is 19.9 Å². The first-order valence-corrected chi connectivity index (χ1v) is 8.88. The first kappa shape index (κ1) is 18.1. The highest BCUT2D eigenvalue weighted by Gasteiger charge is 2.14. The lowest BCUT2D eigenvalue weighted by Crippen LogP contribution is -2.06. The number of nitrogens with zero attached hydrogens (tertiary/aromatic N) is 4. The number of carbonyl (C=O) groups excluding carboxylic acids is 1. The molecular weight excluding hydrogens is 380 g/mol. The van der Waals surface area contributed by atoms with Crippen molar-refractivity contribution in [2.45, 2.75) is 20.5 Å². The zero-order valence-corrected chi connectivity index (χ0v) is 15.9. The molecule has 8 heteroatoms. The molecule has 0 aliphatic carbocycles. The summed E-state index contributed by atoms with van der Waals surface area (Å²) in [5.41, 5.74) is 4.13. The van der Waals surface area contributed by atoms with E-state index >= 15 is 0 Å². The van der Waals surface area contributed by atoms with Crippen LogP contribution in [0, 0.1) is 13.8 Å². The largest absolute Gasteiger partial charge is 0.452 e. The molecule has 0 fully saturated rings. The fourth-order valence-electron chi connectivity index (χ4n) is 2.63. The van der Waals surface area contributed by atoms with E-state index in [1.54, 1.807) is 36.4 Å². The van der Waals surface area contributed by atoms with E-state index in [4.69, 9.17) is 20.9 Å². The molecule has 140 valence electrons. The van der Waals surface area contributed by atoms with Crippen LogP contribution in [0.2, 0.25) is 5.02 Å². The number of halogens is 1. The van der Waals surface area contributed by atoms with Gasteiger partial charge in [0.25, 0.3) is 5.89 Å². The van der Waals surface area contributed by atoms with Crippen molar-refractivity contribution in [1.29, 1.82) is 0 Å². The molecule has 4 aromatic rings. The summed E-state index contributed by atoms with van der Waals surface area (Å²) in [4.78, 5) is 25.5. The molecule has 0 atom stereocenters. The Morgan fingerprint density at radius 2 is 1.82 bits per heavy atom. The van der Waals surface area contributed by atoms with Gasteiger partial charge >= 0.3 is 5.97 Å². The molecule has 0 radical (unpaired) electrons. The van der Waals surface area contributed by atoms with Gasteiger partial charge in [0.1, 0.15) is 0 Å². The number of fused-ring (bicyclic) bond motifs is 1. The topological polar surface area (TPSA) is 91.0 Å². The zero-order chi connectivity index (χ0) is 19.7. The molecule has 7 nitrogen and oxygen atoms in total. The molecule has 2 heterocycles.